The van der Waals surface area contributed by atoms with Crippen LogP contribution in [0.1, 0.15) is 31.7 Å². The van der Waals surface area contributed by atoms with Crippen LogP contribution in [-0.2, 0) is 4.79 Å². The zero-order chi connectivity index (χ0) is 10.0. The van der Waals surface area contributed by atoms with Crippen molar-refractivity contribution < 1.29 is 15.0 Å². The van der Waals surface area contributed by atoms with Gasteiger partial charge in [-0.1, -0.05) is 5.21 Å². The highest BCUT2D eigenvalue weighted by atomic mass is 16.4. The van der Waals surface area contributed by atoms with Crippen LogP contribution in [0.5, 0.6) is 0 Å². The fraction of sp³-hybridized carbons (Fsp3) is 0.571. The molecule has 0 amide bonds. The Kier molecular flexibility index (Phi) is 2.62. The molecule has 0 aliphatic carbocycles. The molecule has 0 radical (unpaired) electrons. The van der Waals surface area contributed by atoms with Gasteiger partial charge in [-0.25, -0.2) is 9.48 Å². The van der Waals surface area contributed by atoms with Gasteiger partial charge in [0.15, 0.2) is 6.10 Å². The van der Waals surface area contributed by atoms with Crippen molar-refractivity contribution in [2.45, 2.75) is 26.0 Å². The molecular formula is C7H11N3O3. The van der Waals surface area contributed by atoms with Gasteiger partial charge in [-0.3, -0.25) is 0 Å². The topological polar surface area (TPSA) is 88.2 Å². The summed E-state index contributed by atoms with van der Waals surface area (Å²) in [5.74, 6) is -1.32. The third-order valence-electron chi connectivity index (χ3n) is 1.57. The average Bonchev–Trinajstić information content (AvgIpc) is 2.50. The van der Waals surface area contributed by atoms with Crippen LogP contribution in [0.15, 0.2) is 6.20 Å². The number of aromatic nitrogens is 3. The van der Waals surface area contributed by atoms with E-state index in [1.807, 2.05) is 13.8 Å². The Bertz CT molecular complexity index is 308. The summed E-state index contributed by atoms with van der Waals surface area (Å²) in [6.07, 6.45) is -0.170. The number of carbonyl (C=O) groups is 1. The predicted octanol–water partition coefficient (Wildman–Crippen LogP) is -0.0230. The second kappa shape index (κ2) is 3.53. The van der Waals surface area contributed by atoms with E-state index in [9.17, 15) is 4.79 Å². The van der Waals surface area contributed by atoms with Crippen molar-refractivity contribution in [1.29, 1.82) is 0 Å². The molecule has 2 N–H and O–H groups in total. The van der Waals surface area contributed by atoms with Crippen LogP contribution in [0, 0.1) is 0 Å². The summed E-state index contributed by atoms with van der Waals surface area (Å²) in [4.78, 5) is 10.4. The Morgan fingerprint density at radius 2 is 2.23 bits per heavy atom. The molecule has 1 rings (SSSR count). The molecule has 0 aliphatic rings. The van der Waals surface area contributed by atoms with E-state index in [1.54, 1.807) is 0 Å². The summed E-state index contributed by atoms with van der Waals surface area (Å²) >= 11 is 0. The van der Waals surface area contributed by atoms with Crippen LogP contribution in [0.2, 0.25) is 0 Å². The lowest BCUT2D eigenvalue weighted by molar-refractivity contribution is -0.147. The quantitative estimate of drug-likeness (QED) is 0.690. The number of aliphatic hydroxyl groups is 1. The minimum Gasteiger partial charge on any atom is -0.479 e. The minimum atomic E-state index is -1.59. The Morgan fingerprint density at radius 3 is 2.62 bits per heavy atom. The van der Waals surface area contributed by atoms with Gasteiger partial charge in [0, 0.05) is 6.04 Å². The molecule has 0 fully saturated rings. The van der Waals surface area contributed by atoms with E-state index < -0.39 is 12.1 Å². The molecule has 0 saturated heterocycles. The second-order valence-electron chi connectivity index (χ2n) is 2.96. The van der Waals surface area contributed by atoms with E-state index in [0.717, 1.165) is 0 Å². The number of nitrogens with zero attached hydrogens (tertiary/aromatic N) is 3. The molecule has 72 valence electrons. The van der Waals surface area contributed by atoms with Crippen molar-refractivity contribution in [2.24, 2.45) is 0 Å². The molecule has 1 aromatic rings. The van der Waals surface area contributed by atoms with Gasteiger partial charge in [-0.15, -0.1) is 5.10 Å². The lowest BCUT2D eigenvalue weighted by Gasteiger charge is -2.01. The molecule has 0 bridgehead atoms. The Labute approximate surface area is 74.8 Å². The van der Waals surface area contributed by atoms with Crippen LogP contribution in [-0.4, -0.2) is 31.2 Å². The minimum absolute atomic E-state index is 0.0567. The highest BCUT2D eigenvalue weighted by Gasteiger charge is 2.19. The molecule has 6 heteroatoms. The molecule has 0 saturated carbocycles. The molecule has 1 atom stereocenters. The van der Waals surface area contributed by atoms with Crippen molar-refractivity contribution >= 4 is 5.97 Å². The van der Waals surface area contributed by atoms with Gasteiger partial charge in [0.25, 0.3) is 0 Å². The molecule has 1 aromatic heterocycles. The molecule has 0 spiro atoms. The summed E-state index contributed by atoms with van der Waals surface area (Å²) in [5, 5.41) is 24.7. The summed E-state index contributed by atoms with van der Waals surface area (Å²) < 4.78 is 1.49. The van der Waals surface area contributed by atoms with Crippen molar-refractivity contribution in [2.75, 3.05) is 0 Å². The number of rotatable bonds is 3. The van der Waals surface area contributed by atoms with Crippen LogP contribution in [0.25, 0.3) is 0 Å². The highest BCUT2D eigenvalue weighted by Crippen LogP contribution is 2.10. The first-order chi connectivity index (χ1) is 6.02. The number of carboxylic acids is 1. The number of aliphatic carboxylic acids is 1. The number of hydrogen-bond acceptors (Lipinski definition) is 4. The maximum atomic E-state index is 10.4. The zero-order valence-electron chi connectivity index (χ0n) is 7.38. The van der Waals surface area contributed by atoms with Crippen molar-refractivity contribution in [1.82, 2.24) is 15.0 Å². The molecular weight excluding hydrogens is 174 g/mol. The molecule has 1 unspecified atom stereocenters. The van der Waals surface area contributed by atoms with E-state index >= 15 is 0 Å². The zero-order valence-corrected chi connectivity index (χ0v) is 7.38. The molecule has 1 heterocycles. The Balaban J connectivity index is 2.85. The third-order valence-corrected chi connectivity index (χ3v) is 1.57. The highest BCUT2D eigenvalue weighted by molar-refractivity contribution is 5.73. The standard InChI is InChI=1S/C7H11N3O3/c1-4(2)10-3-5(8-9-10)6(11)7(12)13/h3-4,6,11H,1-2H3,(H,12,13). The third kappa shape index (κ3) is 2.03. The first-order valence-electron chi connectivity index (χ1n) is 3.85. The number of hydrogen-bond donors (Lipinski definition) is 2. The molecule has 13 heavy (non-hydrogen) atoms. The normalized spacial score (nSPS) is 13.2. The van der Waals surface area contributed by atoms with Gasteiger partial charge >= 0.3 is 5.97 Å². The lowest BCUT2D eigenvalue weighted by Crippen LogP contribution is -2.10. The SMILES string of the molecule is CC(C)n1cc(C(O)C(=O)O)nn1. The number of aliphatic hydroxyl groups excluding tert-OH is 1. The van der Waals surface area contributed by atoms with E-state index in [-0.39, 0.29) is 11.7 Å². The van der Waals surface area contributed by atoms with Gasteiger partial charge in [0.1, 0.15) is 5.69 Å². The van der Waals surface area contributed by atoms with Gasteiger partial charge < -0.3 is 10.2 Å². The number of carboxylic acid groups (broad SMARTS) is 1. The second-order valence-corrected chi connectivity index (χ2v) is 2.96. The summed E-state index contributed by atoms with van der Waals surface area (Å²) in [5.41, 5.74) is 0.0567. The maximum absolute atomic E-state index is 10.4. The van der Waals surface area contributed by atoms with Crippen molar-refractivity contribution in [3.63, 3.8) is 0 Å². The van der Waals surface area contributed by atoms with Gasteiger partial charge in [0.05, 0.1) is 6.20 Å². The lowest BCUT2D eigenvalue weighted by atomic mass is 10.3. The van der Waals surface area contributed by atoms with Crippen LogP contribution >= 0.6 is 0 Å². The van der Waals surface area contributed by atoms with E-state index in [1.165, 1.54) is 10.9 Å². The molecule has 0 aliphatic heterocycles. The fourth-order valence-corrected chi connectivity index (χ4v) is 0.795. The van der Waals surface area contributed by atoms with Crippen LogP contribution < -0.4 is 0 Å². The van der Waals surface area contributed by atoms with Gasteiger partial charge in [-0.2, -0.15) is 0 Å². The summed E-state index contributed by atoms with van der Waals surface area (Å²) in [6, 6.07) is 0.0993. The largest absolute Gasteiger partial charge is 0.479 e. The van der Waals surface area contributed by atoms with Crippen molar-refractivity contribution in [3.8, 4) is 0 Å². The summed E-state index contributed by atoms with van der Waals surface area (Å²) in [6.45, 7) is 3.76. The van der Waals surface area contributed by atoms with Crippen molar-refractivity contribution in [3.05, 3.63) is 11.9 Å². The van der Waals surface area contributed by atoms with E-state index in [0.29, 0.717) is 0 Å². The molecule has 0 aromatic carbocycles. The first kappa shape index (κ1) is 9.66. The van der Waals surface area contributed by atoms with E-state index in [4.69, 9.17) is 10.2 Å². The van der Waals surface area contributed by atoms with Gasteiger partial charge in [-0.05, 0) is 13.8 Å². The fourth-order valence-electron chi connectivity index (χ4n) is 0.795. The maximum Gasteiger partial charge on any atom is 0.339 e. The van der Waals surface area contributed by atoms with E-state index in [2.05, 4.69) is 10.3 Å². The smallest absolute Gasteiger partial charge is 0.339 e. The summed E-state index contributed by atoms with van der Waals surface area (Å²) in [7, 11) is 0. The Hall–Kier alpha value is -1.43. The van der Waals surface area contributed by atoms with Crippen LogP contribution in [0.4, 0.5) is 0 Å². The monoisotopic (exact) mass is 185 g/mol. The predicted molar refractivity (Wildman–Crippen MR) is 43.0 cm³/mol. The average molecular weight is 185 g/mol. The van der Waals surface area contributed by atoms with Gasteiger partial charge in [0.2, 0.25) is 0 Å². The Morgan fingerprint density at radius 1 is 1.62 bits per heavy atom. The van der Waals surface area contributed by atoms with Crippen LogP contribution in [0.3, 0.4) is 0 Å². The molecule has 6 nitrogen and oxygen atoms in total. The first-order valence-corrected chi connectivity index (χ1v) is 3.85.